The summed E-state index contributed by atoms with van der Waals surface area (Å²) in [6, 6.07) is 7.54. The molecule has 2 heterocycles. The fourth-order valence-corrected chi connectivity index (χ4v) is 4.39. The standard InChI is InChI=1S/C16H22BrClN2/c1-11(2)16-10-19-7-3-4-13(19)9-20(16)15-6-5-12(17)8-14(15)18/h5-6,8,11,13,16H,3-4,7,9-10H2,1-2H3. The van der Waals surface area contributed by atoms with Crippen LogP contribution in [0.15, 0.2) is 22.7 Å². The third-order valence-corrected chi connectivity index (χ3v) is 5.51. The molecule has 1 aromatic rings. The van der Waals surface area contributed by atoms with Crippen LogP contribution in [-0.4, -0.2) is 36.6 Å². The largest absolute Gasteiger partial charge is 0.364 e. The number of nitrogens with zero attached hydrogens (tertiary/aromatic N) is 2. The highest BCUT2D eigenvalue weighted by Crippen LogP contribution is 2.36. The van der Waals surface area contributed by atoms with E-state index in [4.69, 9.17) is 11.6 Å². The van der Waals surface area contributed by atoms with Crippen LogP contribution in [0.3, 0.4) is 0 Å². The van der Waals surface area contributed by atoms with Crippen LogP contribution in [0.4, 0.5) is 5.69 Å². The zero-order valence-electron chi connectivity index (χ0n) is 12.1. The molecule has 0 aliphatic carbocycles. The van der Waals surface area contributed by atoms with Gasteiger partial charge in [-0.25, -0.2) is 0 Å². The van der Waals surface area contributed by atoms with Gasteiger partial charge in [-0.3, -0.25) is 4.90 Å². The number of anilines is 1. The molecule has 0 bridgehead atoms. The second-order valence-corrected chi connectivity index (χ2v) is 7.67. The minimum atomic E-state index is 0.558. The molecule has 2 fully saturated rings. The molecule has 2 unspecified atom stereocenters. The lowest BCUT2D eigenvalue weighted by atomic mass is 9.96. The highest BCUT2D eigenvalue weighted by Gasteiger charge is 2.38. The summed E-state index contributed by atoms with van der Waals surface area (Å²) >= 11 is 9.99. The van der Waals surface area contributed by atoms with E-state index in [1.807, 2.05) is 6.07 Å². The second-order valence-electron chi connectivity index (χ2n) is 6.35. The Bertz CT molecular complexity index is 491. The van der Waals surface area contributed by atoms with Crippen LogP contribution in [0.25, 0.3) is 0 Å². The van der Waals surface area contributed by atoms with Crippen molar-refractivity contribution in [2.45, 2.75) is 38.8 Å². The first-order valence-electron chi connectivity index (χ1n) is 7.52. The SMILES string of the molecule is CC(C)C1CN2CCCC2CN1c1ccc(Br)cc1Cl. The van der Waals surface area contributed by atoms with Gasteiger partial charge < -0.3 is 4.90 Å². The molecule has 2 saturated heterocycles. The maximum Gasteiger partial charge on any atom is 0.0650 e. The van der Waals surface area contributed by atoms with Crippen molar-refractivity contribution in [1.82, 2.24) is 4.90 Å². The number of benzene rings is 1. The summed E-state index contributed by atoms with van der Waals surface area (Å²) in [4.78, 5) is 5.22. The van der Waals surface area contributed by atoms with E-state index in [1.165, 1.54) is 31.6 Å². The van der Waals surface area contributed by atoms with Gasteiger partial charge in [0.1, 0.15) is 0 Å². The number of rotatable bonds is 2. The molecule has 3 rings (SSSR count). The third-order valence-electron chi connectivity index (χ3n) is 4.72. The summed E-state index contributed by atoms with van der Waals surface area (Å²) in [5.74, 6) is 0.635. The molecule has 2 atom stereocenters. The molecule has 4 heteroatoms. The summed E-state index contributed by atoms with van der Waals surface area (Å²) in [6.45, 7) is 8.20. The number of hydrogen-bond donors (Lipinski definition) is 0. The smallest absolute Gasteiger partial charge is 0.0650 e. The Kier molecular flexibility index (Phi) is 4.30. The van der Waals surface area contributed by atoms with Crippen molar-refractivity contribution in [2.75, 3.05) is 24.5 Å². The van der Waals surface area contributed by atoms with Gasteiger partial charge in [0, 0.05) is 29.6 Å². The first-order chi connectivity index (χ1) is 9.56. The van der Waals surface area contributed by atoms with Crippen LogP contribution in [-0.2, 0) is 0 Å². The van der Waals surface area contributed by atoms with Crippen molar-refractivity contribution in [1.29, 1.82) is 0 Å². The second kappa shape index (κ2) is 5.86. The minimum Gasteiger partial charge on any atom is -0.364 e. The number of halogens is 2. The minimum absolute atomic E-state index is 0.558. The van der Waals surface area contributed by atoms with Gasteiger partial charge in [0.25, 0.3) is 0 Å². The molecule has 20 heavy (non-hydrogen) atoms. The lowest BCUT2D eigenvalue weighted by Gasteiger charge is -2.47. The molecule has 0 aromatic heterocycles. The Hall–Kier alpha value is -0.250. The van der Waals surface area contributed by atoms with E-state index in [2.05, 4.69) is 51.7 Å². The van der Waals surface area contributed by atoms with Crippen LogP contribution >= 0.6 is 27.5 Å². The predicted molar refractivity (Wildman–Crippen MR) is 89.7 cm³/mol. The average molecular weight is 358 g/mol. The highest BCUT2D eigenvalue weighted by atomic mass is 79.9. The van der Waals surface area contributed by atoms with Gasteiger partial charge in [-0.2, -0.15) is 0 Å². The van der Waals surface area contributed by atoms with E-state index >= 15 is 0 Å². The van der Waals surface area contributed by atoms with Crippen LogP contribution in [0.5, 0.6) is 0 Å². The summed E-state index contributed by atoms with van der Waals surface area (Å²) in [5, 5.41) is 0.858. The van der Waals surface area contributed by atoms with Gasteiger partial charge in [0.15, 0.2) is 0 Å². The monoisotopic (exact) mass is 356 g/mol. The van der Waals surface area contributed by atoms with Crippen LogP contribution < -0.4 is 4.90 Å². The van der Waals surface area contributed by atoms with E-state index in [9.17, 15) is 0 Å². The Morgan fingerprint density at radius 3 is 2.80 bits per heavy atom. The molecule has 0 N–H and O–H groups in total. The first kappa shape index (κ1) is 14.7. The van der Waals surface area contributed by atoms with Crippen LogP contribution in [0.2, 0.25) is 5.02 Å². The molecule has 0 spiro atoms. The normalized spacial score (nSPS) is 27.1. The number of piperazine rings is 1. The highest BCUT2D eigenvalue weighted by molar-refractivity contribution is 9.10. The van der Waals surface area contributed by atoms with E-state index in [0.717, 1.165) is 16.0 Å². The van der Waals surface area contributed by atoms with E-state index in [-0.39, 0.29) is 0 Å². The lowest BCUT2D eigenvalue weighted by molar-refractivity contribution is 0.176. The van der Waals surface area contributed by atoms with Gasteiger partial charge in [-0.1, -0.05) is 41.4 Å². The maximum absolute atomic E-state index is 6.49. The number of hydrogen-bond acceptors (Lipinski definition) is 2. The van der Waals surface area contributed by atoms with Crippen LogP contribution in [0, 0.1) is 5.92 Å². The zero-order valence-corrected chi connectivity index (χ0v) is 14.5. The fourth-order valence-electron chi connectivity index (χ4n) is 3.61. The van der Waals surface area contributed by atoms with E-state index in [1.54, 1.807) is 0 Å². The molecule has 2 nitrogen and oxygen atoms in total. The Labute approximate surface area is 135 Å². The molecule has 110 valence electrons. The van der Waals surface area contributed by atoms with E-state index in [0.29, 0.717) is 18.0 Å². The number of fused-ring (bicyclic) bond motifs is 1. The molecular formula is C16H22BrClN2. The Morgan fingerprint density at radius 2 is 2.10 bits per heavy atom. The Morgan fingerprint density at radius 1 is 1.30 bits per heavy atom. The first-order valence-corrected chi connectivity index (χ1v) is 8.69. The Balaban J connectivity index is 1.91. The van der Waals surface area contributed by atoms with Gasteiger partial charge in [0.2, 0.25) is 0 Å². The summed E-state index contributed by atoms with van der Waals surface area (Å²) in [7, 11) is 0. The molecule has 0 radical (unpaired) electrons. The van der Waals surface area contributed by atoms with Crippen molar-refractivity contribution < 1.29 is 0 Å². The van der Waals surface area contributed by atoms with Gasteiger partial charge in [-0.05, 0) is 43.5 Å². The van der Waals surface area contributed by atoms with E-state index < -0.39 is 0 Å². The fraction of sp³-hybridized carbons (Fsp3) is 0.625. The van der Waals surface area contributed by atoms with Crippen molar-refractivity contribution in [3.63, 3.8) is 0 Å². The molecule has 2 aliphatic rings. The molecule has 0 amide bonds. The molecule has 1 aromatic carbocycles. The van der Waals surface area contributed by atoms with Crippen LogP contribution in [0.1, 0.15) is 26.7 Å². The molecule has 0 saturated carbocycles. The third kappa shape index (κ3) is 2.72. The summed E-state index contributed by atoms with van der Waals surface area (Å²) in [5.41, 5.74) is 1.19. The van der Waals surface area contributed by atoms with Crippen molar-refractivity contribution >= 4 is 33.2 Å². The maximum atomic E-state index is 6.49. The summed E-state index contributed by atoms with van der Waals surface area (Å²) in [6.07, 6.45) is 2.67. The molecular weight excluding hydrogens is 336 g/mol. The van der Waals surface area contributed by atoms with Gasteiger partial charge in [0.05, 0.1) is 10.7 Å². The van der Waals surface area contributed by atoms with Crippen molar-refractivity contribution in [2.24, 2.45) is 5.92 Å². The molecule has 2 aliphatic heterocycles. The zero-order chi connectivity index (χ0) is 14.3. The van der Waals surface area contributed by atoms with Crippen molar-refractivity contribution in [3.8, 4) is 0 Å². The van der Waals surface area contributed by atoms with Crippen molar-refractivity contribution in [3.05, 3.63) is 27.7 Å². The lowest BCUT2D eigenvalue weighted by Crippen LogP contribution is -2.58. The van der Waals surface area contributed by atoms with Gasteiger partial charge in [-0.15, -0.1) is 0 Å². The topological polar surface area (TPSA) is 6.48 Å². The van der Waals surface area contributed by atoms with Gasteiger partial charge >= 0.3 is 0 Å². The quantitative estimate of drug-likeness (QED) is 0.773. The summed E-state index contributed by atoms with van der Waals surface area (Å²) < 4.78 is 1.05. The predicted octanol–water partition coefficient (Wildman–Crippen LogP) is 4.41. The average Bonchev–Trinajstić information content (AvgIpc) is 2.84.